The minimum absolute atomic E-state index is 0.310. The number of piperidine rings is 1. The molecule has 0 amide bonds. The van der Waals surface area contributed by atoms with E-state index < -0.39 is 0 Å². The van der Waals surface area contributed by atoms with Gasteiger partial charge in [-0.05, 0) is 31.4 Å². The van der Waals surface area contributed by atoms with Crippen LogP contribution >= 0.6 is 0 Å². The molecule has 25 heavy (non-hydrogen) atoms. The van der Waals surface area contributed by atoms with Gasteiger partial charge in [0, 0.05) is 51.1 Å². The summed E-state index contributed by atoms with van der Waals surface area (Å²) in [5.41, 5.74) is 2.37. The Balaban J connectivity index is 1.45. The summed E-state index contributed by atoms with van der Waals surface area (Å²) < 4.78 is 11.2. The van der Waals surface area contributed by atoms with Gasteiger partial charge in [-0.3, -0.25) is 4.90 Å². The summed E-state index contributed by atoms with van der Waals surface area (Å²) in [7, 11) is 1.70. The van der Waals surface area contributed by atoms with E-state index in [0.29, 0.717) is 12.7 Å². The molecule has 134 valence electrons. The number of hydrogen-bond donors (Lipinski definition) is 0. The van der Waals surface area contributed by atoms with Gasteiger partial charge in [0.25, 0.3) is 0 Å². The van der Waals surface area contributed by atoms with Crippen molar-refractivity contribution in [2.75, 3.05) is 26.8 Å². The third kappa shape index (κ3) is 5.25. The summed E-state index contributed by atoms with van der Waals surface area (Å²) in [6.45, 7) is 5.75. The third-order valence-electron chi connectivity index (χ3n) is 4.62. The standard InChI is InChI=1S/C20H27N3O2/c1-16-5-3-4-6-19(16)25-18-7-10-23(11-8-18)15-17-13-21-20(22-14-17)9-12-24-2/h3-6,13-14,18H,7-12,15H2,1-2H3. The Morgan fingerprint density at radius 2 is 1.84 bits per heavy atom. The fraction of sp³-hybridized carbons (Fsp3) is 0.500. The van der Waals surface area contributed by atoms with Gasteiger partial charge >= 0.3 is 0 Å². The predicted molar refractivity (Wildman–Crippen MR) is 97.7 cm³/mol. The highest BCUT2D eigenvalue weighted by molar-refractivity contribution is 5.31. The summed E-state index contributed by atoms with van der Waals surface area (Å²) in [4.78, 5) is 11.3. The van der Waals surface area contributed by atoms with E-state index in [-0.39, 0.29) is 0 Å². The van der Waals surface area contributed by atoms with Crippen LogP contribution in [0.2, 0.25) is 0 Å². The molecule has 5 heteroatoms. The van der Waals surface area contributed by atoms with Crippen LogP contribution in [-0.2, 0) is 17.7 Å². The first-order valence-electron chi connectivity index (χ1n) is 8.98. The van der Waals surface area contributed by atoms with Crippen molar-refractivity contribution in [3.05, 3.63) is 53.6 Å². The van der Waals surface area contributed by atoms with Crippen molar-refractivity contribution in [3.8, 4) is 5.75 Å². The maximum absolute atomic E-state index is 6.17. The number of nitrogens with zero attached hydrogens (tertiary/aromatic N) is 3. The van der Waals surface area contributed by atoms with E-state index >= 15 is 0 Å². The van der Waals surface area contributed by atoms with Gasteiger partial charge in [-0.25, -0.2) is 9.97 Å². The molecule has 0 unspecified atom stereocenters. The van der Waals surface area contributed by atoms with Gasteiger partial charge in [0.1, 0.15) is 17.7 Å². The lowest BCUT2D eigenvalue weighted by atomic mass is 10.1. The molecular weight excluding hydrogens is 314 g/mol. The zero-order valence-corrected chi connectivity index (χ0v) is 15.1. The number of aromatic nitrogens is 2. The van der Waals surface area contributed by atoms with Gasteiger partial charge in [0.2, 0.25) is 0 Å². The average molecular weight is 341 g/mol. The van der Waals surface area contributed by atoms with Crippen LogP contribution in [0.5, 0.6) is 5.75 Å². The van der Waals surface area contributed by atoms with Gasteiger partial charge in [0.05, 0.1) is 6.61 Å². The molecule has 0 saturated carbocycles. The van der Waals surface area contributed by atoms with E-state index in [1.165, 1.54) is 11.1 Å². The fourth-order valence-electron chi connectivity index (χ4n) is 3.10. The molecule has 1 saturated heterocycles. The van der Waals surface area contributed by atoms with Gasteiger partial charge in [-0.15, -0.1) is 0 Å². The quantitative estimate of drug-likeness (QED) is 0.775. The normalized spacial score (nSPS) is 16.1. The molecule has 2 heterocycles. The molecular formula is C20H27N3O2. The van der Waals surface area contributed by atoms with Crippen LogP contribution in [0.1, 0.15) is 29.8 Å². The molecule has 1 aromatic heterocycles. The second-order valence-electron chi connectivity index (χ2n) is 6.61. The van der Waals surface area contributed by atoms with Gasteiger partial charge in [0.15, 0.2) is 0 Å². The summed E-state index contributed by atoms with van der Waals surface area (Å²) in [6, 6.07) is 8.24. The van der Waals surface area contributed by atoms with Crippen molar-refractivity contribution in [3.63, 3.8) is 0 Å². The highest BCUT2D eigenvalue weighted by Gasteiger charge is 2.21. The topological polar surface area (TPSA) is 47.5 Å². The molecule has 5 nitrogen and oxygen atoms in total. The van der Waals surface area contributed by atoms with Crippen LogP contribution in [0, 0.1) is 6.92 Å². The Morgan fingerprint density at radius 3 is 2.52 bits per heavy atom. The van der Waals surface area contributed by atoms with E-state index in [2.05, 4.69) is 33.9 Å². The van der Waals surface area contributed by atoms with Crippen LogP contribution < -0.4 is 4.74 Å². The van der Waals surface area contributed by atoms with E-state index in [4.69, 9.17) is 9.47 Å². The molecule has 0 aliphatic carbocycles. The number of rotatable bonds is 7. The van der Waals surface area contributed by atoms with Crippen molar-refractivity contribution in [2.45, 2.75) is 38.8 Å². The maximum Gasteiger partial charge on any atom is 0.130 e. The number of methoxy groups -OCH3 is 1. The highest BCUT2D eigenvalue weighted by Crippen LogP contribution is 2.22. The van der Waals surface area contributed by atoms with Crippen molar-refractivity contribution in [2.24, 2.45) is 0 Å². The molecule has 1 aliphatic rings. The SMILES string of the molecule is COCCc1ncc(CN2CCC(Oc3ccccc3C)CC2)cn1. The van der Waals surface area contributed by atoms with E-state index in [1.807, 2.05) is 24.5 Å². The van der Waals surface area contributed by atoms with Gasteiger partial charge in [-0.1, -0.05) is 18.2 Å². The lowest BCUT2D eigenvalue weighted by Gasteiger charge is -2.32. The summed E-state index contributed by atoms with van der Waals surface area (Å²) >= 11 is 0. The Hall–Kier alpha value is -1.98. The third-order valence-corrected chi connectivity index (χ3v) is 4.62. The number of hydrogen-bond acceptors (Lipinski definition) is 5. The molecule has 0 bridgehead atoms. The summed E-state index contributed by atoms with van der Waals surface area (Å²) in [5.74, 6) is 1.86. The Bertz CT molecular complexity index is 652. The Morgan fingerprint density at radius 1 is 1.12 bits per heavy atom. The minimum atomic E-state index is 0.310. The van der Waals surface area contributed by atoms with Crippen molar-refractivity contribution >= 4 is 0 Å². The molecule has 0 spiro atoms. The largest absolute Gasteiger partial charge is 0.490 e. The van der Waals surface area contributed by atoms with Crippen molar-refractivity contribution in [1.29, 1.82) is 0 Å². The van der Waals surface area contributed by atoms with Crippen molar-refractivity contribution < 1.29 is 9.47 Å². The molecule has 1 fully saturated rings. The number of ether oxygens (including phenoxy) is 2. The van der Waals surface area contributed by atoms with Gasteiger partial charge < -0.3 is 9.47 Å². The zero-order chi connectivity index (χ0) is 17.5. The van der Waals surface area contributed by atoms with Crippen molar-refractivity contribution in [1.82, 2.24) is 14.9 Å². The predicted octanol–water partition coefficient (Wildman–Crippen LogP) is 3.02. The molecule has 1 aliphatic heterocycles. The highest BCUT2D eigenvalue weighted by atomic mass is 16.5. The first-order valence-corrected chi connectivity index (χ1v) is 8.98. The zero-order valence-electron chi connectivity index (χ0n) is 15.1. The van der Waals surface area contributed by atoms with Crippen LogP contribution in [0.3, 0.4) is 0 Å². The maximum atomic E-state index is 6.17. The molecule has 0 radical (unpaired) electrons. The van der Waals surface area contributed by atoms with Crippen LogP contribution in [0.25, 0.3) is 0 Å². The Labute approximate surface area is 150 Å². The number of benzene rings is 1. The molecule has 0 atom stereocenters. The lowest BCUT2D eigenvalue weighted by molar-refractivity contribution is 0.0961. The van der Waals surface area contributed by atoms with Gasteiger partial charge in [-0.2, -0.15) is 0 Å². The average Bonchev–Trinajstić information content (AvgIpc) is 2.65. The summed E-state index contributed by atoms with van der Waals surface area (Å²) in [5, 5.41) is 0. The number of para-hydroxylation sites is 1. The van der Waals surface area contributed by atoms with Crippen LogP contribution in [0.15, 0.2) is 36.7 Å². The monoisotopic (exact) mass is 341 g/mol. The summed E-state index contributed by atoms with van der Waals surface area (Å²) in [6.07, 6.45) is 7.06. The second-order valence-corrected chi connectivity index (χ2v) is 6.61. The Kier molecular flexibility index (Phi) is 6.36. The van der Waals surface area contributed by atoms with Crippen LogP contribution in [0.4, 0.5) is 0 Å². The second kappa shape index (κ2) is 8.92. The molecule has 2 aromatic rings. The smallest absolute Gasteiger partial charge is 0.130 e. The lowest BCUT2D eigenvalue weighted by Crippen LogP contribution is -2.37. The minimum Gasteiger partial charge on any atom is -0.490 e. The number of likely N-dealkylation sites (tertiary alicyclic amines) is 1. The number of aryl methyl sites for hydroxylation is 1. The first-order chi connectivity index (χ1) is 12.2. The van der Waals surface area contributed by atoms with E-state index in [0.717, 1.165) is 50.5 Å². The molecule has 1 aromatic carbocycles. The molecule has 3 rings (SSSR count). The van der Waals surface area contributed by atoms with E-state index in [1.54, 1.807) is 7.11 Å². The fourth-order valence-corrected chi connectivity index (χ4v) is 3.10. The molecule has 0 N–H and O–H groups in total. The first kappa shape index (κ1) is 17.8. The van der Waals surface area contributed by atoms with Crippen LogP contribution in [-0.4, -0.2) is 47.8 Å². The van der Waals surface area contributed by atoms with E-state index in [9.17, 15) is 0 Å².